The molecule has 0 bridgehead atoms. The molecule has 2 unspecified atom stereocenters. The van der Waals surface area contributed by atoms with Crippen LogP contribution < -0.4 is 0 Å². The summed E-state index contributed by atoms with van der Waals surface area (Å²) in [4.78, 5) is 9.92. The van der Waals surface area contributed by atoms with Crippen LogP contribution >= 0.6 is 0 Å². The lowest BCUT2D eigenvalue weighted by Gasteiger charge is -2.08. The molecule has 0 aromatic carbocycles. The molecular weight excluding hydrogens is 130 g/mol. The minimum absolute atomic E-state index is 0.182. The molecule has 0 aromatic rings. The van der Waals surface area contributed by atoms with E-state index in [4.69, 9.17) is 0 Å². The molecule has 0 amide bonds. The second kappa shape index (κ2) is 2.99. The lowest BCUT2D eigenvalue weighted by Crippen LogP contribution is -2.15. The van der Waals surface area contributed by atoms with E-state index >= 15 is 0 Å². The zero-order valence-corrected chi connectivity index (χ0v) is 6.25. The van der Waals surface area contributed by atoms with Gasteiger partial charge < -0.3 is 0 Å². The predicted molar refractivity (Wildman–Crippen MR) is 38.4 cm³/mol. The van der Waals surface area contributed by atoms with Crippen LogP contribution in [0.5, 0.6) is 0 Å². The quantitative estimate of drug-likeness (QED) is 0.436. The van der Waals surface area contributed by atoms with Crippen LogP contribution in [0.15, 0.2) is 0 Å². The average molecular weight is 143 g/mol. The molecule has 1 saturated carbocycles. The molecule has 0 N–H and O–H groups in total. The molecule has 3 heteroatoms. The van der Waals surface area contributed by atoms with E-state index in [9.17, 15) is 10.1 Å². The summed E-state index contributed by atoms with van der Waals surface area (Å²) in [7, 11) is 0. The number of rotatable bonds is 2. The van der Waals surface area contributed by atoms with Gasteiger partial charge in [0.1, 0.15) is 0 Å². The summed E-state index contributed by atoms with van der Waals surface area (Å²) in [6, 6.07) is 0. The Kier molecular flexibility index (Phi) is 2.25. The van der Waals surface area contributed by atoms with Crippen molar-refractivity contribution < 1.29 is 4.92 Å². The van der Waals surface area contributed by atoms with Gasteiger partial charge >= 0.3 is 0 Å². The maximum atomic E-state index is 10.1. The maximum absolute atomic E-state index is 10.1. The van der Waals surface area contributed by atoms with E-state index in [0.29, 0.717) is 11.8 Å². The molecule has 0 heterocycles. The summed E-state index contributed by atoms with van der Waals surface area (Å²) >= 11 is 0. The molecule has 0 radical (unpaired) electrons. The van der Waals surface area contributed by atoms with E-state index in [1.165, 1.54) is 12.8 Å². The molecule has 1 fully saturated rings. The Balaban J connectivity index is 2.33. The van der Waals surface area contributed by atoms with E-state index < -0.39 is 0 Å². The SMILES string of the molecule is CC1CCCC1C[N+](=O)[O-]. The Morgan fingerprint density at radius 3 is 2.70 bits per heavy atom. The van der Waals surface area contributed by atoms with Crippen LogP contribution in [0.25, 0.3) is 0 Å². The summed E-state index contributed by atoms with van der Waals surface area (Å²) in [5, 5.41) is 10.1. The van der Waals surface area contributed by atoms with Crippen molar-refractivity contribution in [3.63, 3.8) is 0 Å². The van der Waals surface area contributed by atoms with Crippen LogP contribution in [0.3, 0.4) is 0 Å². The Labute approximate surface area is 60.6 Å². The smallest absolute Gasteiger partial charge is 0.206 e. The van der Waals surface area contributed by atoms with Crippen molar-refractivity contribution in [1.82, 2.24) is 0 Å². The first kappa shape index (κ1) is 7.51. The molecular formula is C7H13NO2. The van der Waals surface area contributed by atoms with Gasteiger partial charge in [-0.3, -0.25) is 10.1 Å². The first-order valence-corrected chi connectivity index (χ1v) is 3.82. The summed E-state index contributed by atoms with van der Waals surface area (Å²) in [6.07, 6.45) is 3.42. The van der Waals surface area contributed by atoms with Gasteiger partial charge in [-0.15, -0.1) is 0 Å². The Morgan fingerprint density at radius 2 is 2.30 bits per heavy atom. The number of nitro groups is 1. The maximum Gasteiger partial charge on any atom is 0.206 e. The van der Waals surface area contributed by atoms with E-state index in [1.54, 1.807) is 0 Å². The van der Waals surface area contributed by atoms with Crippen LogP contribution in [0.1, 0.15) is 26.2 Å². The van der Waals surface area contributed by atoms with Gasteiger partial charge in [0.15, 0.2) is 0 Å². The third kappa shape index (κ3) is 1.69. The highest BCUT2D eigenvalue weighted by Crippen LogP contribution is 2.30. The van der Waals surface area contributed by atoms with Gasteiger partial charge in [0.2, 0.25) is 6.54 Å². The summed E-state index contributed by atoms with van der Waals surface area (Å²) < 4.78 is 0. The lowest BCUT2D eigenvalue weighted by molar-refractivity contribution is -0.489. The Morgan fingerprint density at radius 1 is 1.60 bits per heavy atom. The highest BCUT2D eigenvalue weighted by molar-refractivity contribution is 4.72. The van der Waals surface area contributed by atoms with Crippen molar-refractivity contribution in [2.75, 3.05) is 6.54 Å². The van der Waals surface area contributed by atoms with Crippen molar-refractivity contribution in [1.29, 1.82) is 0 Å². The molecule has 0 saturated heterocycles. The van der Waals surface area contributed by atoms with E-state index in [2.05, 4.69) is 6.92 Å². The number of nitrogens with zero attached hydrogens (tertiary/aromatic N) is 1. The number of hydrogen-bond donors (Lipinski definition) is 0. The molecule has 1 rings (SSSR count). The Bertz CT molecular complexity index is 136. The third-order valence-electron chi connectivity index (χ3n) is 2.42. The fourth-order valence-electron chi connectivity index (χ4n) is 1.68. The van der Waals surface area contributed by atoms with Gasteiger partial charge in [-0.05, 0) is 12.3 Å². The van der Waals surface area contributed by atoms with Crippen LogP contribution in [-0.2, 0) is 0 Å². The second-order valence-corrected chi connectivity index (χ2v) is 3.18. The topological polar surface area (TPSA) is 43.1 Å². The molecule has 1 aliphatic carbocycles. The molecule has 1 aliphatic rings. The minimum Gasteiger partial charge on any atom is -0.265 e. The highest BCUT2D eigenvalue weighted by atomic mass is 16.6. The van der Waals surface area contributed by atoms with Crippen molar-refractivity contribution in [3.8, 4) is 0 Å². The molecule has 2 atom stereocenters. The standard InChI is InChI=1S/C7H13NO2/c1-6-3-2-4-7(6)5-8(9)10/h6-7H,2-5H2,1H3. The molecule has 0 spiro atoms. The largest absolute Gasteiger partial charge is 0.265 e. The zero-order chi connectivity index (χ0) is 7.56. The van der Waals surface area contributed by atoms with E-state index in [1.807, 2.05) is 0 Å². The third-order valence-corrected chi connectivity index (χ3v) is 2.42. The second-order valence-electron chi connectivity index (χ2n) is 3.18. The van der Waals surface area contributed by atoms with Crippen molar-refractivity contribution >= 4 is 0 Å². The van der Waals surface area contributed by atoms with Crippen LogP contribution in [0.2, 0.25) is 0 Å². The van der Waals surface area contributed by atoms with Gasteiger partial charge in [0.25, 0.3) is 0 Å². The molecule has 0 aromatic heterocycles. The van der Waals surface area contributed by atoms with Gasteiger partial charge in [0, 0.05) is 10.8 Å². The average Bonchev–Trinajstić information content (AvgIpc) is 2.15. The number of hydrogen-bond acceptors (Lipinski definition) is 2. The predicted octanol–water partition coefficient (Wildman–Crippen LogP) is 1.70. The minimum atomic E-state index is -0.188. The normalized spacial score (nSPS) is 32.5. The fourth-order valence-corrected chi connectivity index (χ4v) is 1.68. The van der Waals surface area contributed by atoms with Crippen molar-refractivity contribution in [2.45, 2.75) is 26.2 Å². The van der Waals surface area contributed by atoms with Crippen LogP contribution in [0.4, 0.5) is 0 Å². The first-order valence-electron chi connectivity index (χ1n) is 3.82. The first-order chi connectivity index (χ1) is 4.70. The van der Waals surface area contributed by atoms with Gasteiger partial charge in [-0.2, -0.15) is 0 Å². The molecule has 10 heavy (non-hydrogen) atoms. The summed E-state index contributed by atoms with van der Waals surface area (Å²) in [5.74, 6) is 0.931. The van der Waals surface area contributed by atoms with E-state index in [0.717, 1.165) is 6.42 Å². The van der Waals surface area contributed by atoms with E-state index in [-0.39, 0.29) is 11.5 Å². The van der Waals surface area contributed by atoms with Crippen molar-refractivity contribution in [2.24, 2.45) is 11.8 Å². The zero-order valence-electron chi connectivity index (χ0n) is 6.25. The van der Waals surface area contributed by atoms with Crippen LogP contribution in [-0.4, -0.2) is 11.5 Å². The monoisotopic (exact) mass is 143 g/mol. The summed E-state index contributed by atoms with van der Waals surface area (Å²) in [6.45, 7) is 2.29. The molecule has 58 valence electrons. The van der Waals surface area contributed by atoms with Gasteiger partial charge in [-0.25, -0.2) is 0 Å². The lowest BCUT2D eigenvalue weighted by atomic mass is 9.99. The van der Waals surface area contributed by atoms with Gasteiger partial charge in [-0.1, -0.05) is 19.8 Å². The summed E-state index contributed by atoms with van der Waals surface area (Å²) in [5.41, 5.74) is 0. The van der Waals surface area contributed by atoms with Gasteiger partial charge in [0.05, 0.1) is 0 Å². The van der Waals surface area contributed by atoms with Crippen molar-refractivity contribution in [3.05, 3.63) is 10.1 Å². The van der Waals surface area contributed by atoms with Crippen LogP contribution in [0, 0.1) is 22.0 Å². The highest BCUT2D eigenvalue weighted by Gasteiger charge is 2.27. The Hall–Kier alpha value is -0.600. The molecule has 3 nitrogen and oxygen atoms in total. The fraction of sp³-hybridized carbons (Fsp3) is 1.00. The molecule has 0 aliphatic heterocycles.